The number of carbonyl (C=O) groups excluding carboxylic acids is 1. The first kappa shape index (κ1) is 16.6. The van der Waals surface area contributed by atoms with E-state index >= 15 is 0 Å². The van der Waals surface area contributed by atoms with E-state index in [1.807, 2.05) is 12.1 Å². The molecule has 1 fully saturated rings. The summed E-state index contributed by atoms with van der Waals surface area (Å²) in [5.41, 5.74) is 0.581. The number of urea groups is 1. The molecular formula is C15H22N2O4S. The second kappa shape index (κ2) is 7.49. The second-order valence-electron chi connectivity index (χ2n) is 5.40. The Kier molecular flexibility index (Phi) is 5.65. The van der Waals surface area contributed by atoms with Gasteiger partial charge in [-0.25, -0.2) is 13.2 Å². The fourth-order valence-corrected chi connectivity index (χ4v) is 3.95. The highest BCUT2D eigenvalue weighted by atomic mass is 32.2. The molecule has 2 rings (SSSR count). The summed E-state index contributed by atoms with van der Waals surface area (Å²) in [4.78, 5) is 12.0. The van der Waals surface area contributed by atoms with E-state index in [1.54, 1.807) is 12.1 Å². The molecule has 2 N–H and O–H groups in total. The summed E-state index contributed by atoms with van der Waals surface area (Å²) in [6, 6.07) is 6.47. The van der Waals surface area contributed by atoms with Crippen LogP contribution in [-0.2, 0) is 9.84 Å². The molecule has 0 radical (unpaired) electrons. The molecule has 6 nitrogen and oxygen atoms in total. The molecule has 0 aromatic heterocycles. The van der Waals surface area contributed by atoms with Crippen LogP contribution >= 0.6 is 0 Å². The zero-order valence-corrected chi connectivity index (χ0v) is 13.5. The molecule has 122 valence electrons. The van der Waals surface area contributed by atoms with Crippen LogP contribution in [0.3, 0.4) is 0 Å². The molecule has 0 spiro atoms. The van der Waals surface area contributed by atoms with Crippen molar-refractivity contribution in [3.63, 3.8) is 0 Å². The fourth-order valence-electron chi connectivity index (χ4n) is 2.27. The first-order valence-electron chi connectivity index (χ1n) is 7.50. The predicted molar refractivity (Wildman–Crippen MR) is 86.1 cm³/mol. The van der Waals surface area contributed by atoms with Gasteiger partial charge in [0.05, 0.1) is 23.8 Å². The summed E-state index contributed by atoms with van der Waals surface area (Å²) < 4.78 is 28.4. The Bertz CT molecular complexity index is 616. The van der Waals surface area contributed by atoms with Gasteiger partial charge in [-0.2, -0.15) is 0 Å². The van der Waals surface area contributed by atoms with E-state index in [-0.39, 0.29) is 17.5 Å². The average molecular weight is 326 g/mol. The standard InChI is InChI=1S/C15H22N2O4S/c1-2-3-9-21-14-7-5-4-6-13(14)17-15(18)16-12-8-10-22(19,20)11-12/h4-7,12H,2-3,8-11H2,1H3,(H2,16,17,18)/t12-/m1/s1. The van der Waals surface area contributed by atoms with Crippen molar-refractivity contribution in [3.8, 4) is 5.75 Å². The van der Waals surface area contributed by atoms with Crippen LogP contribution in [-0.4, -0.2) is 38.6 Å². The number of amides is 2. The molecule has 1 heterocycles. The van der Waals surface area contributed by atoms with Crippen LogP contribution in [0.2, 0.25) is 0 Å². The molecule has 2 amide bonds. The van der Waals surface area contributed by atoms with Gasteiger partial charge in [0.15, 0.2) is 9.84 Å². The number of benzene rings is 1. The molecule has 1 aliphatic rings. The predicted octanol–water partition coefficient (Wildman–Crippen LogP) is 2.17. The summed E-state index contributed by atoms with van der Waals surface area (Å²) >= 11 is 0. The van der Waals surface area contributed by atoms with E-state index in [9.17, 15) is 13.2 Å². The molecule has 0 aliphatic carbocycles. The maximum Gasteiger partial charge on any atom is 0.319 e. The van der Waals surface area contributed by atoms with Gasteiger partial charge in [-0.05, 0) is 25.0 Å². The van der Waals surface area contributed by atoms with E-state index < -0.39 is 15.9 Å². The van der Waals surface area contributed by atoms with Gasteiger partial charge in [0.25, 0.3) is 0 Å². The Morgan fingerprint density at radius 3 is 2.82 bits per heavy atom. The number of unbranched alkanes of at least 4 members (excludes halogenated alkanes) is 1. The summed E-state index contributed by atoms with van der Waals surface area (Å²) in [5.74, 6) is 0.758. The Labute approximate surface area is 131 Å². The fraction of sp³-hybridized carbons (Fsp3) is 0.533. The van der Waals surface area contributed by atoms with Crippen molar-refractivity contribution in [3.05, 3.63) is 24.3 Å². The number of hydrogen-bond donors (Lipinski definition) is 2. The van der Waals surface area contributed by atoms with Crippen LogP contribution in [0.5, 0.6) is 5.75 Å². The number of carbonyl (C=O) groups is 1. The second-order valence-corrected chi connectivity index (χ2v) is 7.63. The monoisotopic (exact) mass is 326 g/mol. The molecule has 1 aromatic rings. The number of rotatable bonds is 6. The normalized spacial score (nSPS) is 19.6. The van der Waals surface area contributed by atoms with Gasteiger partial charge >= 0.3 is 6.03 Å². The van der Waals surface area contributed by atoms with Crippen LogP contribution < -0.4 is 15.4 Å². The lowest BCUT2D eigenvalue weighted by Crippen LogP contribution is -2.38. The molecule has 1 saturated heterocycles. The molecule has 0 bridgehead atoms. The zero-order chi connectivity index (χ0) is 16.0. The summed E-state index contributed by atoms with van der Waals surface area (Å²) in [5, 5.41) is 5.41. The van der Waals surface area contributed by atoms with Crippen molar-refractivity contribution in [2.24, 2.45) is 0 Å². The summed E-state index contributed by atoms with van der Waals surface area (Å²) in [6.07, 6.45) is 2.44. The largest absolute Gasteiger partial charge is 0.491 e. The van der Waals surface area contributed by atoms with Gasteiger partial charge in [0.2, 0.25) is 0 Å². The molecule has 7 heteroatoms. The average Bonchev–Trinajstić information content (AvgIpc) is 2.80. The van der Waals surface area contributed by atoms with Crippen molar-refractivity contribution < 1.29 is 17.9 Å². The number of hydrogen-bond acceptors (Lipinski definition) is 4. The zero-order valence-electron chi connectivity index (χ0n) is 12.7. The third-order valence-corrected chi connectivity index (χ3v) is 5.23. The lowest BCUT2D eigenvalue weighted by molar-refractivity contribution is 0.249. The van der Waals surface area contributed by atoms with Crippen molar-refractivity contribution in [2.45, 2.75) is 32.2 Å². The van der Waals surface area contributed by atoms with Gasteiger partial charge in [-0.15, -0.1) is 0 Å². The lowest BCUT2D eigenvalue weighted by Gasteiger charge is -2.15. The molecule has 1 aromatic carbocycles. The van der Waals surface area contributed by atoms with Crippen LogP contribution in [0.1, 0.15) is 26.2 Å². The third-order valence-electron chi connectivity index (χ3n) is 3.46. The number of nitrogens with one attached hydrogen (secondary N) is 2. The number of sulfone groups is 1. The van der Waals surface area contributed by atoms with Crippen molar-refractivity contribution >= 4 is 21.6 Å². The van der Waals surface area contributed by atoms with Gasteiger partial charge in [-0.3, -0.25) is 0 Å². The Morgan fingerprint density at radius 2 is 2.14 bits per heavy atom. The Balaban J connectivity index is 1.91. The molecule has 0 saturated carbocycles. The van der Waals surface area contributed by atoms with Gasteiger partial charge < -0.3 is 15.4 Å². The molecule has 22 heavy (non-hydrogen) atoms. The first-order chi connectivity index (χ1) is 10.5. The number of anilines is 1. The summed E-state index contributed by atoms with van der Waals surface area (Å²) in [7, 11) is -3.00. The minimum atomic E-state index is -3.00. The minimum Gasteiger partial charge on any atom is -0.491 e. The first-order valence-corrected chi connectivity index (χ1v) is 9.32. The number of ether oxygens (including phenoxy) is 1. The highest BCUT2D eigenvalue weighted by Crippen LogP contribution is 2.24. The molecule has 1 atom stereocenters. The van der Waals surface area contributed by atoms with Crippen molar-refractivity contribution in [2.75, 3.05) is 23.4 Å². The van der Waals surface area contributed by atoms with Crippen molar-refractivity contribution in [1.82, 2.24) is 5.32 Å². The molecular weight excluding hydrogens is 304 g/mol. The Hall–Kier alpha value is -1.76. The van der Waals surface area contributed by atoms with Gasteiger partial charge in [0.1, 0.15) is 5.75 Å². The topological polar surface area (TPSA) is 84.5 Å². The van der Waals surface area contributed by atoms with Gasteiger partial charge in [-0.1, -0.05) is 25.5 Å². The Morgan fingerprint density at radius 1 is 1.36 bits per heavy atom. The quantitative estimate of drug-likeness (QED) is 0.785. The van der Waals surface area contributed by atoms with Crippen LogP contribution in [0.25, 0.3) is 0 Å². The summed E-state index contributed by atoms with van der Waals surface area (Å²) in [6.45, 7) is 2.67. The van der Waals surface area contributed by atoms with E-state index in [0.29, 0.717) is 24.5 Å². The van der Waals surface area contributed by atoms with E-state index in [4.69, 9.17) is 4.74 Å². The molecule has 1 aliphatic heterocycles. The highest BCUT2D eigenvalue weighted by Gasteiger charge is 2.28. The molecule has 0 unspecified atom stereocenters. The van der Waals surface area contributed by atoms with Crippen LogP contribution in [0, 0.1) is 0 Å². The van der Waals surface area contributed by atoms with Crippen LogP contribution in [0.15, 0.2) is 24.3 Å². The maximum atomic E-state index is 12.0. The van der Waals surface area contributed by atoms with Crippen molar-refractivity contribution in [1.29, 1.82) is 0 Å². The van der Waals surface area contributed by atoms with Gasteiger partial charge in [0, 0.05) is 6.04 Å². The highest BCUT2D eigenvalue weighted by molar-refractivity contribution is 7.91. The smallest absolute Gasteiger partial charge is 0.319 e. The van der Waals surface area contributed by atoms with E-state index in [0.717, 1.165) is 12.8 Å². The van der Waals surface area contributed by atoms with E-state index in [1.165, 1.54) is 0 Å². The van der Waals surface area contributed by atoms with E-state index in [2.05, 4.69) is 17.6 Å². The number of para-hydroxylation sites is 2. The third kappa shape index (κ3) is 4.91. The SMILES string of the molecule is CCCCOc1ccccc1NC(=O)N[C@@H]1CCS(=O)(=O)C1. The van der Waals surface area contributed by atoms with Crippen LogP contribution in [0.4, 0.5) is 10.5 Å². The maximum absolute atomic E-state index is 12.0. The lowest BCUT2D eigenvalue weighted by atomic mass is 10.2. The minimum absolute atomic E-state index is 0.00899.